The number of amides is 1. The molecule has 1 fully saturated rings. The molecule has 0 aliphatic carbocycles. The van der Waals surface area contributed by atoms with E-state index in [1.807, 2.05) is 13.8 Å². The molecule has 1 aliphatic rings. The van der Waals surface area contributed by atoms with Gasteiger partial charge in [0, 0.05) is 19.6 Å². The lowest BCUT2D eigenvalue weighted by atomic mass is 10.1. The second-order valence-corrected chi connectivity index (χ2v) is 9.08. The van der Waals surface area contributed by atoms with Crippen LogP contribution >= 0.6 is 11.6 Å². The molecule has 0 radical (unpaired) electrons. The molecule has 0 atom stereocenters. The number of sulfonamides is 1. The molecular formula is C18H25ClN2O6S. The van der Waals surface area contributed by atoms with E-state index in [-0.39, 0.29) is 28.6 Å². The Morgan fingerprint density at radius 2 is 1.96 bits per heavy atom. The fourth-order valence-corrected chi connectivity index (χ4v) is 4.43. The zero-order valence-corrected chi connectivity index (χ0v) is 17.5. The molecule has 1 aromatic rings. The summed E-state index contributed by atoms with van der Waals surface area (Å²) in [4.78, 5) is 23.8. The van der Waals surface area contributed by atoms with E-state index in [0.717, 1.165) is 6.42 Å². The normalized spacial score (nSPS) is 15.4. The van der Waals surface area contributed by atoms with Gasteiger partial charge in [-0.05, 0) is 30.5 Å². The SMILES string of the molecule is CC(C)CCNC(=O)COC(=O)c1ccc(Cl)c(S(=O)(=O)N2CCOCC2)c1. The summed E-state index contributed by atoms with van der Waals surface area (Å²) in [7, 11) is -3.87. The average molecular weight is 433 g/mol. The molecule has 156 valence electrons. The molecule has 0 aromatic heterocycles. The van der Waals surface area contributed by atoms with Crippen molar-refractivity contribution in [2.75, 3.05) is 39.5 Å². The first kappa shape index (κ1) is 22.6. The van der Waals surface area contributed by atoms with Gasteiger partial charge in [0.2, 0.25) is 10.0 Å². The molecule has 1 N–H and O–H groups in total. The van der Waals surface area contributed by atoms with Gasteiger partial charge in [0.05, 0.1) is 23.8 Å². The number of hydrogen-bond donors (Lipinski definition) is 1. The lowest BCUT2D eigenvalue weighted by Crippen LogP contribution is -2.40. The number of morpholine rings is 1. The van der Waals surface area contributed by atoms with Crippen LogP contribution in [0.2, 0.25) is 5.02 Å². The van der Waals surface area contributed by atoms with E-state index in [1.165, 1.54) is 22.5 Å². The Balaban J connectivity index is 2.03. The second kappa shape index (κ2) is 10.2. The number of ether oxygens (including phenoxy) is 2. The van der Waals surface area contributed by atoms with Crippen LogP contribution in [0.3, 0.4) is 0 Å². The van der Waals surface area contributed by atoms with Crippen molar-refractivity contribution in [3.05, 3.63) is 28.8 Å². The highest BCUT2D eigenvalue weighted by Gasteiger charge is 2.29. The minimum Gasteiger partial charge on any atom is -0.452 e. The largest absolute Gasteiger partial charge is 0.452 e. The monoisotopic (exact) mass is 432 g/mol. The van der Waals surface area contributed by atoms with Gasteiger partial charge in [0.25, 0.3) is 5.91 Å². The number of nitrogens with zero attached hydrogens (tertiary/aromatic N) is 1. The van der Waals surface area contributed by atoms with Gasteiger partial charge in [-0.2, -0.15) is 4.31 Å². The minimum absolute atomic E-state index is 0.00575. The summed E-state index contributed by atoms with van der Waals surface area (Å²) in [6, 6.07) is 3.86. The van der Waals surface area contributed by atoms with E-state index in [0.29, 0.717) is 25.7 Å². The number of hydrogen-bond acceptors (Lipinski definition) is 6. The molecule has 0 unspecified atom stereocenters. The van der Waals surface area contributed by atoms with Gasteiger partial charge in [-0.15, -0.1) is 0 Å². The third-order valence-electron chi connectivity index (χ3n) is 4.13. The van der Waals surface area contributed by atoms with Gasteiger partial charge in [0.15, 0.2) is 6.61 Å². The van der Waals surface area contributed by atoms with Crippen LogP contribution in [0.4, 0.5) is 0 Å². The van der Waals surface area contributed by atoms with Gasteiger partial charge in [-0.1, -0.05) is 25.4 Å². The average Bonchev–Trinajstić information content (AvgIpc) is 2.66. The number of carbonyl (C=O) groups excluding carboxylic acids is 2. The Morgan fingerprint density at radius 1 is 1.29 bits per heavy atom. The molecule has 0 saturated carbocycles. The molecule has 8 nitrogen and oxygen atoms in total. The quantitative estimate of drug-likeness (QED) is 0.627. The van der Waals surface area contributed by atoms with E-state index in [2.05, 4.69) is 5.32 Å². The molecule has 0 spiro atoms. The fourth-order valence-electron chi connectivity index (χ4n) is 2.52. The lowest BCUT2D eigenvalue weighted by molar-refractivity contribution is -0.124. The first-order chi connectivity index (χ1) is 13.2. The Morgan fingerprint density at radius 3 is 2.61 bits per heavy atom. The second-order valence-electron chi connectivity index (χ2n) is 6.77. The molecule has 1 aromatic carbocycles. The Labute approximate surface area is 170 Å². The molecule has 1 amide bonds. The Bertz CT molecular complexity index is 806. The summed E-state index contributed by atoms with van der Waals surface area (Å²) in [5, 5.41) is 2.67. The maximum Gasteiger partial charge on any atom is 0.338 e. The molecule has 2 rings (SSSR count). The highest BCUT2D eigenvalue weighted by Crippen LogP contribution is 2.26. The van der Waals surface area contributed by atoms with E-state index >= 15 is 0 Å². The third kappa shape index (κ3) is 6.16. The number of rotatable bonds is 8. The van der Waals surface area contributed by atoms with E-state index in [4.69, 9.17) is 21.1 Å². The van der Waals surface area contributed by atoms with Crippen LogP contribution < -0.4 is 5.32 Å². The molecule has 28 heavy (non-hydrogen) atoms. The number of nitrogens with one attached hydrogen (secondary N) is 1. The van der Waals surface area contributed by atoms with Crippen molar-refractivity contribution in [2.24, 2.45) is 5.92 Å². The van der Waals surface area contributed by atoms with Crippen LogP contribution in [0, 0.1) is 5.92 Å². The van der Waals surface area contributed by atoms with Crippen LogP contribution in [0.25, 0.3) is 0 Å². The van der Waals surface area contributed by atoms with E-state index < -0.39 is 28.5 Å². The van der Waals surface area contributed by atoms with Gasteiger partial charge >= 0.3 is 5.97 Å². The van der Waals surface area contributed by atoms with Crippen LogP contribution in [0.15, 0.2) is 23.1 Å². The molecule has 10 heteroatoms. The van der Waals surface area contributed by atoms with E-state index in [1.54, 1.807) is 0 Å². The summed E-state index contributed by atoms with van der Waals surface area (Å²) in [6.07, 6.45) is 0.819. The maximum absolute atomic E-state index is 12.8. The van der Waals surface area contributed by atoms with Crippen LogP contribution in [-0.4, -0.2) is 64.1 Å². The number of carbonyl (C=O) groups is 2. The summed E-state index contributed by atoms with van der Waals surface area (Å²) < 4.78 is 37.0. The van der Waals surface area contributed by atoms with Gasteiger partial charge in [0.1, 0.15) is 4.90 Å². The van der Waals surface area contributed by atoms with Crippen LogP contribution in [0.5, 0.6) is 0 Å². The third-order valence-corrected chi connectivity index (χ3v) is 6.51. The molecule has 1 heterocycles. The maximum atomic E-state index is 12.8. The topological polar surface area (TPSA) is 102 Å². The fraction of sp³-hybridized carbons (Fsp3) is 0.556. The predicted octanol–water partition coefficient (Wildman–Crippen LogP) is 1.68. The van der Waals surface area contributed by atoms with Gasteiger partial charge < -0.3 is 14.8 Å². The standard InChI is InChI=1S/C18H25ClN2O6S/c1-13(2)5-6-20-17(22)12-27-18(23)14-3-4-15(19)16(11-14)28(24,25)21-7-9-26-10-8-21/h3-4,11,13H,5-10,12H2,1-2H3,(H,20,22). The number of halogens is 1. The highest BCUT2D eigenvalue weighted by atomic mass is 35.5. The van der Waals surface area contributed by atoms with Crippen LogP contribution in [0.1, 0.15) is 30.6 Å². The summed E-state index contributed by atoms with van der Waals surface area (Å²) >= 11 is 6.06. The summed E-state index contributed by atoms with van der Waals surface area (Å²) in [6.45, 7) is 5.15. The van der Waals surface area contributed by atoms with Crippen molar-refractivity contribution in [3.8, 4) is 0 Å². The summed E-state index contributed by atoms with van der Waals surface area (Å²) in [5.41, 5.74) is 0.00575. The Hall–Kier alpha value is -1.68. The van der Waals surface area contributed by atoms with Crippen molar-refractivity contribution < 1.29 is 27.5 Å². The Kier molecular flexibility index (Phi) is 8.23. The molecular weight excluding hydrogens is 408 g/mol. The van der Waals surface area contributed by atoms with Crippen molar-refractivity contribution in [2.45, 2.75) is 25.2 Å². The van der Waals surface area contributed by atoms with Crippen molar-refractivity contribution in [1.29, 1.82) is 0 Å². The predicted molar refractivity (Wildman–Crippen MR) is 104 cm³/mol. The smallest absolute Gasteiger partial charge is 0.338 e. The zero-order valence-electron chi connectivity index (χ0n) is 15.9. The first-order valence-electron chi connectivity index (χ1n) is 9.03. The van der Waals surface area contributed by atoms with Crippen molar-refractivity contribution in [1.82, 2.24) is 9.62 Å². The molecule has 1 saturated heterocycles. The number of benzene rings is 1. The van der Waals surface area contributed by atoms with Crippen LogP contribution in [-0.2, 0) is 24.3 Å². The zero-order chi connectivity index (χ0) is 20.7. The molecule has 0 bridgehead atoms. The van der Waals surface area contributed by atoms with Gasteiger partial charge in [-0.3, -0.25) is 4.79 Å². The van der Waals surface area contributed by atoms with E-state index in [9.17, 15) is 18.0 Å². The summed E-state index contributed by atoms with van der Waals surface area (Å²) in [5.74, 6) is -0.762. The van der Waals surface area contributed by atoms with Crippen molar-refractivity contribution >= 4 is 33.5 Å². The van der Waals surface area contributed by atoms with Gasteiger partial charge in [-0.25, -0.2) is 13.2 Å². The minimum atomic E-state index is -3.87. The van der Waals surface area contributed by atoms with Crippen molar-refractivity contribution in [3.63, 3.8) is 0 Å². The first-order valence-corrected chi connectivity index (χ1v) is 10.8. The highest BCUT2D eigenvalue weighted by molar-refractivity contribution is 7.89. The number of esters is 1. The lowest BCUT2D eigenvalue weighted by Gasteiger charge is -2.26. The molecule has 1 aliphatic heterocycles.